The lowest BCUT2D eigenvalue weighted by Gasteiger charge is -2.38. The third-order valence-electron chi connectivity index (χ3n) is 5.04. The molecular formula is C26H35NO7. The zero-order valence-corrected chi connectivity index (χ0v) is 20.7. The van der Waals surface area contributed by atoms with E-state index in [9.17, 15) is 9.59 Å². The average Bonchev–Trinajstić information content (AvgIpc) is 2.82. The first-order valence-electron chi connectivity index (χ1n) is 11.6. The Labute approximate surface area is 201 Å². The Morgan fingerprint density at radius 1 is 0.971 bits per heavy atom. The molecule has 1 aliphatic heterocycles. The van der Waals surface area contributed by atoms with Crippen LogP contribution in [0.3, 0.4) is 0 Å². The van der Waals surface area contributed by atoms with Gasteiger partial charge < -0.3 is 28.6 Å². The van der Waals surface area contributed by atoms with E-state index in [4.69, 9.17) is 23.7 Å². The summed E-state index contributed by atoms with van der Waals surface area (Å²) in [7, 11) is 0. The summed E-state index contributed by atoms with van der Waals surface area (Å²) in [4.78, 5) is 27.8. The maximum Gasteiger partial charge on any atom is 0.336 e. The molecule has 0 spiro atoms. The van der Waals surface area contributed by atoms with Crippen molar-refractivity contribution in [3.8, 4) is 5.75 Å². The van der Waals surface area contributed by atoms with Crippen molar-refractivity contribution in [1.82, 2.24) is 0 Å². The first-order chi connectivity index (χ1) is 16.4. The van der Waals surface area contributed by atoms with Crippen molar-refractivity contribution in [1.29, 1.82) is 0 Å². The minimum absolute atomic E-state index is 0.0294. The van der Waals surface area contributed by atoms with Gasteiger partial charge in [0.2, 0.25) is 0 Å². The van der Waals surface area contributed by atoms with Crippen molar-refractivity contribution in [3.05, 3.63) is 59.5 Å². The summed E-state index contributed by atoms with van der Waals surface area (Å²) >= 11 is 0. The van der Waals surface area contributed by atoms with Crippen LogP contribution in [0.2, 0.25) is 0 Å². The Bertz CT molecular complexity index is 929. The van der Waals surface area contributed by atoms with E-state index in [1.165, 1.54) is 0 Å². The standard InChI is InChI=1S/C26H35NO7/c1-7-16-34-22-15-13-12-14-21(22)27-18(6)19(24(28)30-8-2)17-20(25(29)31-9-3)23(27)26(32-10-4)33-11-5/h7,12-15,26H,1,8-11,16-17H2,2-6H3. The molecule has 0 fully saturated rings. The van der Waals surface area contributed by atoms with Crippen LogP contribution in [0.15, 0.2) is 59.5 Å². The smallest absolute Gasteiger partial charge is 0.336 e. The number of anilines is 1. The zero-order valence-electron chi connectivity index (χ0n) is 20.7. The van der Waals surface area contributed by atoms with Gasteiger partial charge >= 0.3 is 11.9 Å². The van der Waals surface area contributed by atoms with Crippen LogP contribution < -0.4 is 9.64 Å². The van der Waals surface area contributed by atoms with E-state index < -0.39 is 18.2 Å². The van der Waals surface area contributed by atoms with Crippen LogP contribution in [0.25, 0.3) is 0 Å². The van der Waals surface area contributed by atoms with Crippen molar-refractivity contribution in [3.63, 3.8) is 0 Å². The number of carbonyl (C=O) groups is 2. The number of hydrogen-bond donors (Lipinski definition) is 0. The second kappa shape index (κ2) is 13.6. The Balaban J connectivity index is 2.84. The summed E-state index contributed by atoms with van der Waals surface area (Å²) < 4.78 is 28.4. The summed E-state index contributed by atoms with van der Waals surface area (Å²) in [5.74, 6) is -0.510. The van der Waals surface area contributed by atoms with Gasteiger partial charge in [0, 0.05) is 25.3 Å². The summed E-state index contributed by atoms with van der Waals surface area (Å²) in [5.41, 5.74) is 2.26. The topological polar surface area (TPSA) is 83.5 Å². The zero-order chi connectivity index (χ0) is 25.1. The Kier molecular flexibility index (Phi) is 10.8. The third-order valence-corrected chi connectivity index (χ3v) is 5.04. The Morgan fingerprint density at radius 2 is 1.56 bits per heavy atom. The van der Waals surface area contributed by atoms with Gasteiger partial charge in [-0.2, -0.15) is 0 Å². The number of rotatable bonds is 13. The molecule has 8 nitrogen and oxygen atoms in total. The van der Waals surface area contributed by atoms with E-state index in [0.717, 1.165) is 0 Å². The third kappa shape index (κ3) is 6.27. The lowest BCUT2D eigenvalue weighted by atomic mass is 9.94. The van der Waals surface area contributed by atoms with Gasteiger partial charge in [0.05, 0.1) is 35.7 Å². The van der Waals surface area contributed by atoms with Gasteiger partial charge in [0.25, 0.3) is 0 Å². The summed E-state index contributed by atoms with van der Waals surface area (Å²) in [6, 6.07) is 7.34. The second-order valence-corrected chi connectivity index (χ2v) is 7.19. The normalized spacial score (nSPS) is 13.9. The van der Waals surface area contributed by atoms with E-state index in [1.807, 2.05) is 38.1 Å². The molecule has 0 atom stereocenters. The highest BCUT2D eigenvalue weighted by atomic mass is 16.7. The highest BCUT2D eigenvalue weighted by Gasteiger charge is 2.39. The number of allylic oxidation sites excluding steroid dienone is 1. The highest BCUT2D eigenvalue weighted by Crippen LogP contribution is 2.42. The van der Waals surface area contributed by atoms with E-state index in [0.29, 0.717) is 41.6 Å². The fraction of sp³-hybridized carbons (Fsp3) is 0.462. The first-order valence-corrected chi connectivity index (χ1v) is 11.6. The van der Waals surface area contributed by atoms with Crippen LogP contribution >= 0.6 is 0 Å². The fourth-order valence-electron chi connectivity index (χ4n) is 3.66. The maximum absolute atomic E-state index is 13.2. The highest BCUT2D eigenvalue weighted by molar-refractivity contribution is 5.99. The van der Waals surface area contributed by atoms with Gasteiger partial charge in [-0.05, 0) is 46.8 Å². The Hall–Kier alpha value is -3.10. The molecule has 0 radical (unpaired) electrons. The predicted molar refractivity (Wildman–Crippen MR) is 129 cm³/mol. The number of esters is 2. The number of para-hydroxylation sites is 2. The summed E-state index contributed by atoms with van der Waals surface area (Å²) in [6.45, 7) is 14.0. The number of benzene rings is 1. The monoisotopic (exact) mass is 473 g/mol. The van der Waals surface area contributed by atoms with Crippen molar-refractivity contribution < 1.29 is 33.3 Å². The molecule has 1 aromatic rings. The van der Waals surface area contributed by atoms with E-state index in [1.54, 1.807) is 31.7 Å². The minimum atomic E-state index is -0.874. The van der Waals surface area contributed by atoms with Crippen molar-refractivity contribution in [2.24, 2.45) is 0 Å². The average molecular weight is 474 g/mol. The first kappa shape index (κ1) is 27.1. The summed E-state index contributed by atoms with van der Waals surface area (Å²) in [5, 5.41) is 0. The van der Waals surface area contributed by atoms with Crippen LogP contribution in [0.1, 0.15) is 41.0 Å². The molecule has 2 rings (SSSR count). The molecular weight excluding hydrogens is 438 g/mol. The molecule has 1 aromatic carbocycles. The quantitative estimate of drug-likeness (QED) is 0.235. The van der Waals surface area contributed by atoms with Gasteiger partial charge in [-0.3, -0.25) is 0 Å². The predicted octanol–water partition coefficient (Wildman–Crippen LogP) is 4.51. The largest absolute Gasteiger partial charge is 0.487 e. The van der Waals surface area contributed by atoms with Crippen LogP contribution in [0, 0.1) is 0 Å². The molecule has 1 aliphatic rings. The van der Waals surface area contributed by atoms with E-state index in [2.05, 4.69) is 6.58 Å². The number of hydrogen-bond acceptors (Lipinski definition) is 8. The van der Waals surface area contributed by atoms with Gasteiger partial charge in [0.15, 0.2) is 6.29 Å². The van der Waals surface area contributed by atoms with Crippen LogP contribution in [0.4, 0.5) is 5.69 Å². The lowest BCUT2D eigenvalue weighted by molar-refractivity contribution is -0.140. The fourth-order valence-corrected chi connectivity index (χ4v) is 3.66. The van der Waals surface area contributed by atoms with Gasteiger partial charge in [0.1, 0.15) is 12.4 Å². The number of carbonyl (C=O) groups excluding carboxylic acids is 2. The van der Waals surface area contributed by atoms with Gasteiger partial charge in [-0.1, -0.05) is 24.8 Å². The molecule has 0 amide bonds. The molecule has 0 unspecified atom stereocenters. The SMILES string of the molecule is C=CCOc1ccccc1N1C(C)=C(C(=O)OCC)CC(C(=O)OCC)=C1C(OCC)OCC. The number of ether oxygens (including phenoxy) is 5. The Morgan fingerprint density at radius 3 is 2.12 bits per heavy atom. The van der Waals surface area contributed by atoms with Crippen molar-refractivity contribution >= 4 is 17.6 Å². The van der Waals surface area contributed by atoms with E-state index >= 15 is 0 Å². The lowest BCUT2D eigenvalue weighted by Crippen LogP contribution is -2.39. The van der Waals surface area contributed by atoms with Gasteiger partial charge in [-0.25, -0.2) is 9.59 Å². The van der Waals surface area contributed by atoms with E-state index in [-0.39, 0.29) is 31.8 Å². The minimum Gasteiger partial charge on any atom is -0.487 e. The molecule has 0 N–H and O–H groups in total. The van der Waals surface area contributed by atoms with Gasteiger partial charge in [-0.15, -0.1) is 0 Å². The molecule has 0 saturated heterocycles. The summed E-state index contributed by atoms with van der Waals surface area (Å²) in [6.07, 6.45) is 0.798. The maximum atomic E-state index is 13.2. The van der Waals surface area contributed by atoms with Crippen molar-refractivity contribution in [2.45, 2.75) is 47.3 Å². The molecule has 0 bridgehead atoms. The molecule has 0 saturated carbocycles. The second-order valence-electron chi connectivity index (χ2n) is 7.19. The number of nitrogens with zero attached hydrogens (tertiary/aromatic N) is 1. The molecule has 186 valence electrons. The van der Waals surface area contributed by atoms with Crippen molar-refractivity contribution in [2.75, 3.05) is 37.9 Å². The molecule has 1 heterocycles. The molecule has 8 heteroatoms. The van der Waals surface area contributed by atoms with Crippen LogP contribution in [-0.4, -0.2) is 51.3 Å². The molecule has 34 heavy (non-hydrogen) atoms. The van der Waals surface area contributed by atoms with Crippen LogP contribution in [-0.2, 0) is 28.5 Å². The molecule has 0 aliphatic carbocycles. The molecule has 0 aromatic heterocycles. The van der Waals surface area contributed by atoms with Crippen LogP contribution in [0.5, 0.6) is 5.75 Å².